The molecule has 0 spiro atoms. The summed E-state index contributed by atoms with van der Waals surface area (Å²) in [6.07, 6.45) is 0. The molecular formula is C28H32N4O2. The quantitative estimate of drug-likeness (QED) is 0.363. The number of amides is 1. The zero-order valence-corrected chi connectivity index (χ0v) is 20.6. The van der Waals surface area contributed by atoms with Crippen LogP contribution in [0.2, 0.25) is 0 Å². The van der Waals surface area contributed by atoms with Gasteiger partial charge in [0.25, 0.3) is 5.91 Å². The summed E-state index contributed by atoms with van der Waals surface area (Å²) < 4.78 is 7.59. The molecule has 0 aliphatic rings. The molecule has 0 atom stereocenters. The van der Waals surface area contributed by atoms with Crippen LogP contribution in [0.3, 0.4) is 0 Å². The number of likely N-dealkylation sites (N-methyl/N-ethyl adjacent to an activating group) is 1. The molecule has 0 N–H and O–H groups in total. The highest BCUT2D eigenvalue weighted by Gasteiger charge is 2.24. The molecule has 0 bridgehead atoms. The molecule has 0 radical (unpaired) electrons. The third-order valence-corrected chi connectivity index (χ3v) is 5.82. The highest BCUT2D eigenvalue weighted by molar-refractivity contribution is 5.94. The van der Waals surface area contributed by atoms with E-state index in [1.165, 1.54) is 5.56 Å². The first-order chi connectivity index (χ1) is 16.3. The van der Waals surface area contributed by atoms with Gasteiger partial charge in [0.05, 0.1) is 5.69 Å². The van der Waals surface area contributed by atoms with Crippen LogP contribution >= 0.6 is 0 Å². The van der Waals surface area contributed by atoms with Crippen molar-refractivity contribution in [3.63, 3.8) is 0 Å². The maximum absolute atomic E-state index is 14.0. The highest BCUT2D eigenvalue weighted by atomic mass is 16.3. The molecular weight excluding hydrogens is 424 g/mol. The third-order valence-electron chi connectivity index (χ3n) is 5.82. The van der Waals surface area contributed by atoms with Crippen molar-refractivity contribution in [1.29, 1.82) is 0 Å². The molecule has 6 heteroatoms. The molecule has 1 amide bonds. The lowest BCUT2D eigenvalue weighted by molar-refractivity contribution is 0.0722. The van der Waals surface area contributed by atoms with Crippen LogP contribution in [0.4, 0.5) is 0 Å². The second-order valence-electron chi connectivity index (χ2n) is 9.04. The van der Waals surface area contributed by atoms with Gasteiger partial charge in [-0.2, -0.15) is 5.10 Å². The Morgan fingerprint density at radius 3 is 2.35 bits per heavy atom. The Morgan fingerprint density at radius 2 is 1.71 bits per heavy atom. The second kappa shape index (κ2) is 10.1. The Morgan fingerprint density at radius 1 is 0.941 bits per heavy atom. The molecule has 0 saturated heterocycles. The summed E-state index contributed by atoms with van der Waals surface area (Å²) in [7, 11) is 4.03. The number of nitrogens with zero attached hydrogens (tertiary/aromatic N) is 4. The summed E-state index contributed by atoms with van der Waals surface area (Å²) in [5.74, 6) is 1.39. The molecule has 0 fully saturated rings. The summed E-state index contributed by atoms with van der Waals surface area (Å²) in [5, 5.41) is 4.83. The number of hydrogen-bond donors (Lipinski definition) is 0. The first-order valence-corrected chi connectivity index (χ1v) is 11.5. The summed E-state index contributed by atoms with van der Waals surface area (Å²) in [6, 6.07) is 21.9. The van der Waals surface area contributed by atoms with Gasteiger partial charge in [-0.05, 0) is 64.2 Å². The average molecular weight is 457 g/mol. The molecule has 4 rings (SSSR count). The molecule has 0 saturated carbocycles. The van der Waals surface area contributed by atoms with Gasteiger partial charge in [-0.25, -0.2) is 4.68 Å². The van der Waals surface area contributed by atoms with Gasteiger partial charge in [0.15, 0.2) is 5.76 Å². The van der Waals surface area contributed by atoms with Crippen LogP contribution in [0, 0.1) is 20.8 Å². The van der Waals surface area contributed by atoms with E-state index in [-0.39, 0.29) is 5.91 Å². The van der Waals surface area contributed by atoms with E-state index in [2.05, 4.69) is 30.0 Å². The molecule has 2 aromatic carbocycles. The van der Waals surface area contributed by atoms with Crippen LogP contribution in [0.25, 0.3) is 17.1 Å². The van der Waals surface area contributed by atoms with Crippen molar-refractivity contribution in [1.82, 2.24) is 19.6 Å². The minimum Gasteiger partial charge on any atom is -0.460 e. The fourth-order valence-corrected chi connectivity index (χ4v) is 3.99. The summed E-state index contributed by atoms with van der Waals surface area (Å²) in [5.41, 5.74) is 5.36. The number of benzene rings is 2. The lowest BCUT2D eigenvalue weighted by Crippen LogP contribution is -2.37. The number of furan rings is 1. The van der Waals surface area contributed by atoms with Gasteiger partial charge in [-0.3, -0.25) is 4.79 Å². The van der Waals surface area contributed by atoms with Crippen molar-refractivity contribution < 1.29 is 9.21 Å². The van der Waals surface area contributed by atoms with Gasteiger partial charge in [0.2, 0.25) is 0 Å². The van der Waals surface area contributed by atoms with E-state index in [0.29, 0.717) is 30.2 Å². The van der Waals surface area contributed by atoms with Crippen LogP contribution in [-0.2, 0) is 6.54 Å². The molecule has 34 heavy (non-hydrogen) atoms. The number of rotatable bonds is 8. The van der Waals surface area contributed by atoms with Crippen molar-refractivity contribution >= 4 is 5.91 Å². The van der Waals surface area contributed by atoms with E-state index in [0.717, 1.165) is 29.1 Å². The van der Waals surface area contributed by atoms with E-state index in [9.17, 15) is 4.79 Å². The number of hydrogen-bond acceptors (Lipinski definition) is 4. The Balaban J connectivity index is 1.78. The molecule has 2 aromatic heterocycles. The van der Waals surface area contributed by atoms with E-state index in [1.807, 2.05) is 81.4 Å². The van der Waals surface area contributed by atoms with Crippen molar-refractivity contribution in [2.45, 2.75) is 27.3 Å². The van der Waals surface area contributed by atoms with Gasteiger partial charge in [-0.15, -0.1) is 0 Å². The van der Waals surface area contributed by atoms with Crippen molar-refractivity contribution in [2.75, 3.05) is 27.2 Å². The lowest BCUT2D eigenvalue weighted by atomic mass is 10.1. The zero-order chi connectivity index (χ0) is 24.2. The van der Waals surface area contributed by atoms with Gasteiger partial charge in [0.1, 0.15) is 17.1 Å². The van der Waals surface area contributed by atoms with Crippen molar-refractivity contribution in [2.24, 2.45) is 0 Å². The maximum Gasteiger partial charge on any atom is 0.272 e. The van der Waals surface area contributed by atoms with Crippen LogP contribution in [0.5, 0.6) is 0 Å². The first-order valence-electron chi connectivity index (χ1n) is 11.5. The summed E-state index contributed by atoms with van der Waals surface area (Å²) in [4.78, 5) is 18.0. The van der Waals surface area contributed by atoms with Gasteiger partial charge < -0.3 is 14.2 Å². The fourth-order valence-electron chi connectivity index (χ4n) is 3.99. The third kappa shape index (κ3) is 5.29. The Hall–Kier alpha value is -3.64. The number of aromatic nitrogens is 2. The topological polar surface area (TPSA) is 54.5 Å². The van der Waals surface area contributed by atoms with Crippen LogP contribution in [0.1, 0.15) is 32.9 Å². The van der Waals surface area contributed by atoms with E-state index < -0.39 is 0 Å². The monoisotopic (exact) mass is 456 g/mol. The molecule has 4 aromatic rings. The number of carbonyl (C=O) groups excluding carboxylic acids is 1. The fraction of sp³-hybridized carbons (Fsp3) is 0.286. The lowest BCUT2D eigenvalue weighted by Gasteiger charge is -2.25. The SMILES string of the molecule is Cc1ccc(-n2nc(-c3ccc(C)o3)cc2C(=O)N(CCN(C)C)Cc2ccccc2)c(C)c1. The normalized spacial score (nSPS) is 11.2. The second-order valence-corrected chi connectivity index (χ2v) is 9.04. The maximum atomic E-state index is 14.0. The smallest absolute Gasteiger partial charge is 0.272 e. The predicted molar refractivity (Wildman–Crippen MR) is 135 cm³/mol. The van der Waals surface area contributed by atoms with Crippen LogP contribution < -0.4 is 0 Å². The number of carbonyl (C=O) groups is 1. The Labute approximate surface area is 201 Å². The molecule has 0 aliphatic heterocycles. The van der Waals surface area contributed by atoms with E-state index in [4.69, 9.17) is 9.52 Å². The van der Waals surface area contributed by atoms with Gasteiger partial charge in [-0.1, -0.05) is 48.0 Å². The highest BCUT2D eigenvalue weighted by Crippen LogP contribution is 2.26. The molecule has 0 aliphatic carbocycles. The predicted octanol–water partition coefficient (Wildman–Crippen LogP) is 5.26. The first kappa shape index (κ1) is 23.5. The summed E-state index contributed by atoms with van der Waals surface area (Å²) in [6.45, 7) is 7.91. The molecule has 176 valence electrons. The van der Waals surface area contributed by atoms with Gasteiger partial charge >= 0.3 is 0 Å². The minimum absolute atomic E-state index is 0.0623. The Bertz CT molecular complexity index is 1270. The Kier molecular flexibility index (Phi) is 6.98. The number of aryl methyl sites for hydroxylation is 3. The van der Waals surface area contributed by atoms with E-state index >= 15 is 0 Å². The van der Waals surface area contributed by atoms with Crippen LogP contribution in [0.15, 0.2) is 71.1 Å². The minimum atomic E-state index is -0.0623. The van der Waals surface area contributed by atoms with Crippen LogP contribution in [-0.4, -0.2) is 52.7 Å². The van der Waals surface area contributed by atoms with Crippen molar-refractivity contribution in [3.8, 4) is 17.1 Å². The molecule has 6 nitrogen and oxygen atoms in total. The molecule has 2 heterocycles. The molecule has 0 unspecified atom stereocenters. The van der Waals surface area contributed by atoms with E-state index in [1.54, 1.807) is 4.68 Å². The summed E-state index contributed by atoms with van der Waals surface area (Å²) >= 11 is 0. The van der Waals surface area contributed by atoms with Gasteiger partial charge in [0, 0.05) is 25.7 Å². The standard InChI is InChI=1S/C28H32N4O2/c1-20-11-13-25(21(2)17-20)32-26(18-24(29-32)27-14-12-22(3)34-27)28(33)31(16-15-30(4)5)19-23-9-7-6-8-10-23/h6-14,17-18H,15-16,19H2,1-5H3. The van der Waals surface area contributed by atoms with Crippen molar-refractivity contribution in [3.05, 3.63) is 94.9 Å². The largest absolute Gasteiger partial charge is 0.460 e. The average Bonchev–Trinajstić information content (AvgIpc) is 3.43. The zero-order valence-electron chi connectivity index (χ0n) is 20.6.